The molecule has 3 rings (SSSR count). The third kappa shape index (κ3) is 7.64. The van der Waals surface area contributed by atoms with Gasteiger partial charge in [-0.1, -0.05) is 12.1 Å². The third-order valence-electron chi connectivity index (χ3n) is 5.41. The first-order valence-corrected chi connectivity index (χ1v) is 10.1. The smallest absolute Gasteiger partial charge is 0.414 e. The van der Waals surface area contributed by atoms with Crippen molar-refractivity contribution in [2.24, 2.45) is 0 Å². The molecule has 1 amide bonds. The number of carbonyl (C=O) groups is 3. The number of aryl methyl sites for hydroxylation is 1. The molecule has 0 atom stereocenters. The summed E-state index contributed by atoms with van der Waals surface area (Å²) in [5, 5.41) is 14.8. The second-order valence-electron chi connectivity index (χ2n) is 7.67. The Morgan fingerprint density at radius 3 is 2.13 bits per heavy atom. The molecule has 9 heteroatoms. The highest BCUT2D eigenvalue weighted by Crippen LogP contribution is 2.19. The number of likely N-dealkylation sites (N-methyl/N-ethyl adjacent to an activating group) is 1. The summed E-state index contributed by atoms with van der Waals surface area (Å²) < 4.78 is 5.65. The number of hydrogen-bond donors (Lipinski definition) is 2. The lowest BCUT2D eigenvalue weighted by Gasteiger charge is -2.42. The molecule has 0 spiro atoms. The van der Waals surface area contributed by atoms with E-state index in [0.717, 1.165) is 63.4 Å². The fraction of sp³-hybridized carbons (Fsp3) is 0.571. The normalized spacial score (nSPS) is 18.3. The predicted molar refractivity (Wildman–Crippen MR) is 111 cm³/mol. The Labute approximate surface area is 176 Å². The highest BCUT2D eigenvalue weighted by molar-refractivity contribution is 6.27. The number of piperidine rings is 1. The summed E-state index contributed by atoms with van der Waals surface area (Å²) in [4.78, 5) is 37.5. The van der Waals surface area contributed by atoms with E-state index in [9.17, 15) is 4.79 Å². The van der Waals surface area contributed by atoms with E-state index in [1.165, 1.54) is 0 Å². The average Bonchev–Trinajstić information content (AvgIpc) is 2.73. The summed E-state index contributed by atoms with van der Waals surface area (Å²) in [6.07, 6.45) is 2.17. The largest absolute Gasteiger partial charge is 0.484 e. The van der Waals surface area contributed by atoms with Crippen LogP contribution in [0.5, 0.6) is 5.75 Å². The van der Waals surface area contributed by atoms with Gasteiger partial charge in [0.05, 0.1) is 0 Å². The molecule has 0 aromatic heterocycles. The number of benzene rings is 1. The number of carboxylic acid groups (broad SMARTS) is 2. The van der Waals surface area contributed by atoms with Crippen molar-refractivity contribution in [1.82, 2.24) is 14.7 Å². The number of aliphatic carboxylic acids is 2. The van der Waals surface area contributed by atoms with Gasteiger partial charge in [-0.3, -0.25) is 9.69 Å². The monoisotopic (exact) mass is 421 g/mol. The molecule has 2 fully saturated rings. The van der Waals surface area contributed by atoms with Gasteiger partial charge in [0, 0.05) is 45.3 Å². The highest BCUT2D eigenvalue weighted by Gasteiger charge is 2.28. The SMILES string of the molecule is Cc1cccc(OCC(=O)N2CCC(N3CCN(C)CC3)CC2)c1.O=C(O)C(=O)O. The third-order valence-corrected chi connectivity index (χ3v) is 5.41. The molecule has 0 aliphatic carbocycles. The van der Waals surface area contributed by atoms with Crippen molar-refractivity contribution in [2.45, 2.75) is 25.8 Å². The second-order valence-corrected chi connectivity index (χ2v) is 7.67. The number of carbonyl (C=O) groups excluding carboxylic acids is 1. The summed E-state index contributed by atoms with van der Waals surface area (Å²) in [5.74, 6) is -2.77. The first-order chi connectivity index (χ1) is 14.3. The Bertz CT molecular complexity index is 713. The van der Waals surface area contributed by atoms with E-state index in [-0.39, 0.29) is 12.5 Å². The summed E-state index contributed by atoms with van der Waals surface area (Å²) in [7, 11) is 2.19. The molecule has 2 N–H and O–H groups in total. The van der Waals surface area contributed by atoms with Gasteiger partial charge in [-0.05, 0) is 44.5 Å². The van der Waals surface area contributed by atoms with Crippen LogP contribution < -0.4 is 4.74 Å². The molecule has 0 bridgehead atoms. The zero-order chi connectivity index (χ0) is 22.1. The van der Waals surface area contributed by atoms with Crippen LogP contribution in [0.15, 0.2) is 24.3 Å². The number of rotatable bonds is 4. The molecular weight excluding hydrogens is 390 g/mol. The number of amides is 1. The lowest BCUT2D eigenvalue weighted by atomic mass is 10.0. The van der Waals surface area contributed by atoms with E-state index >= 15 is 0 Å². The molecule has 1 aromatic carbocycles. The molecule has 2 aliphatic heterocycles. The predicted octanol–water partition coefficient (Wildman–Crippen LogP) is 0.768. The van der Waals surface area contributed by atoms with Crippen molar-refractivity contribution < 1.29 is 29.3 Å². The van der Waals surface area contributed by atoms with Gasteiger partial charge in [-0.25, -0.2) is 9.59 Å². The maximum Gasteiger partial charge on any atom is 0.414 e. The van der Waals surface area contributed by atoms with E-state index in [2.05, 4.69) is 16.8 Å². The van der Waals surface area contributed by atoms with Crippen LogP contribution in [0, 0.1) is 6.92 Å². The summed E-state index contributed by atoms with van der Waals surface area (Å²) in [6.45, 7) is 8.50. The van der Waals surface area contributed by atoms with Gasteiger partial charge in [0.1, 0.15) is 5.75 Å². The topological polar surface area (TPSA) is 111 Å². The molecule has 0 radical (unpaired) electrons. The Morgan fingerprint density at radius 2 is 1.60 bits per heavy atom. The van der Waals surface area contributed by atoms with Crippen LogP contribution in [-0.4, -0.2) is 102 Å². The van der Waals surface area contributed by atoms with E-state index in [0.29, 0.717) is 6.04 Å². The molecule has 0 saturated carbocycles. The van der Waals surface area contributed by atoms with Crippen molar-refractivity contribution in [3.05, 3.63) is 29.8 Å². The minimum absolute atomic E-state index is 0.105. The Kier molecular flexibility index (Phi) is 9.07. The Hall–Kier alpha value is -2.65. The quantitative estimate of drug-likeness (QED) is 0.686. The molecule has 2 heterocycles. The van der Waals surface area contributed by atoms with Gasteiger partial charge in [-0.15, -0.1) is 0 Å². The maximum absolute atomic E-state index is 12.4. The molecule has 0 unspecified atom stereocenters. The molecule has 2 aliphatic rings. The first-order valence-electron chi connectivity index (χ1n) is 10.1. The number of likely N-dealkylation sites (tertiary alicyclic amines) is 1. The summed E-state index contributed by atoms with van der Waals surface area (Å²) in [6, 6.07) is 8.49. The molecular formula is C21H31N3O6. The second kappa shape index (κ2) is 11.5. The lowest BCUT2D eigenvalue weighted by molar-refractivity contribution is -0.159. The summed E-state index contributed by atoms with van der Waals surface area (Å²) >= 11 is 0. The van der Waals surface area contributed by atoms with Crippen molar-refractivity contribution in [3.8, 4) is 5.75 Å². The number of nitrogens with zero attached hydrogens (tertiary/aromatic N) is 3. The number of piperazine rings is 1. The van der Waals surface area contributed by atoms with Crippen LogP contribution >= 0.6 is 0 Å². The van der Waals surface area contributed by atoms with E-state index in [1.807, 2.05) is 36.1 Å². The van der Waals surface area contributed by atoms with Gasteiger partial charge in [-0.2, -0.15) is 0 Å². The fourth-order valence-electron chi connectivity index (χ4n) is 3.61. The van der Waals surface area contributed by atoms with E-state index < -0.39 is 11.9 Å². The number of carboxylic acids is 2. The Balaban J connectivity index is 0.000000469. The maximum atomic E-state index is 12.4. The van der Waals surface area contributed by atoms with Crippen molar-refractivity contribution >= 4 is 17.8 Å². The fourth-order valence-corrected chi connectivity index (χ4v) is 3.61. The zero-order valence-corrected chi connectivity index (χ0v) is 17.6. The molecule has 2 saturated heterocycles. The average molecular weight is 421 g/mol. The molecule has 166 valence electrons. The van der Waals surface area contributed by atoms with Gasteiger partial charge in [0.25, 0.3) is 5.91 Å². The van der Waals surface area contributed by atoms with Crippen LogP contribution in [0.4, 0.5) is 0 Å². The van der Waals surface area contributed by atoms with Crippen LogP contribution in [0.1, 0.15) is 18.4 Å². The molecule has 1 aromatic rings. The number of ether oxygens (including phenoxy) is 1. The van der Waals surface area contributed by atoms with Gasteiger partial charge >= 0.3 is 11.9 Å². The van der Waals surface area contributed by atoms with Crippen molar-refractivity contribution in [3.63, 3.8) is 0 Å². The minimum Gasteiger partial charge on any atom is -0.484 e. The highest BCUT2D eigenvalue weighted by atomic mass is 16.5. The summed E-state index contributed by atoms with van der Waals surface area (Å²) in [5.41, 5.74) is 1.15. The van der Waals surface area contributed by atoms with Gasteiger partial charge in [0.15, 0.2) is 6.61 Å². The van der Waals surface area contributed by atoms with E-state index in [1.54, 1.807) is 0 Å². The minimum atomic E-state index is -1.82. The standard InChI is InChI=1S/C19H29N3O2.C2H2O4/c1-16-4-3-5-18(14-16)24-15-19(23)22-8-6-17(7-9-22)21-12-10-20(2)11-13-21;3-1(4)2(5)6/h3-5,14,17H,6-13,15H2,1-2H3;(H,3,4)(H,5,6). The van der Waals surface area contributed by atoms with Crippen LogP contribution in [0.2, 0.25) is 0 Å². The molecule has 9 nitrogen and oxygen atoms in total. The Morgan fingerprint density at radius 1 is 1.00 bits per heavy atom. The van der Waals surface area contributed by atoms with E-state index in [4.69, 9.17) is 24.5 Å². The first kappa shape index (κ1) is 23.6. The van der Waals surface area contributed by atoms with Crippen LogP contribution in [-0.2, 0) is 14.4 Å². The van der Waals surface area contributed by atoms with Crippen LogP contribution in [0.3, 0.4) is 0 Å². The van der Waals surface area contributed by atoms with Crippen molar-refractivity contribution in [1.29, 1.82) is 0 Å². The number of hydrogen-bond acceptors (Lipinski definition) is 6. The van der Waals surface area contributed by atoms with Crippen LogP contribution in [0.25, 0.3) is 0 Å². The zero-order valence-electron chi connectivity index (χ0n) is 17.6. The molecule has 30 heavy (non-hydrogen) atoms. The van der Waals surface area contributed by atoms with Gasteiger partial charge in [0.2, 0.25) is 0 Å². The van der Waals surface area contributed by atoms with Gasteiger partial charge < -0.3 is 24.7 Å². The van der Waals surface area contributed by atoms with Crippen molar-refractivity contribution in [2.75, 3.05) is 52.9 Å². The lowest BCUT2D eigenvalue weighted by Crippen LogP contribution is -2.53.